The third kappa shape index (κ3) is 1.94. The van der Waals surface area contributed by atoms with Crippen molar-refractivity contribution in [1.29, 1.82) is 0 Å². The molecule has 0 N–H and O–H groups in total. The van der Waals surface area contributed by atoms with Gasteiger partial charge in [-0.25, -0.2) is 4.39 Å². The summed E-state index contributed by atoms with van der Waals surface area (Å²) in [5.41, 5.74) is 1.84. The Hall–Kier alpha value is -1.34. The normalized spacial score (nSPS) is 10.1. The van der Waals surface area contributed by atoms with Crippen LogP contribution in [0.5, 0.6) is 0 Å². The maximum absolute atomic E-state index is 12.6. The van der Waals surface area contributed by atoms with Crippen molar-refractivity contribution in [3.8, 4) is 11.1 Å². The van der Waals surface area contributed by atoms with Gasteiger partial charge in [-0.1, -0.05) is 29.8 Å². The molecule has 0 nitrogen and oxygen atoms in total. The highest BCUT2D eigenvalue weighted by Crippen LogP contribution is 2.20. The number of hydrogen-bond donors (Lipinski definition) is 0. The third-order valence-corrected chi connectivity index (χ3v) is 2.17. The van der Waals surface area contributed by atoms with Gasteiger partial charge >= 0.3 is 0 Å². The first kappa shape index (κ1) is 9.22. The van der Waals surface area contributed by atoms with E-state index in [-0.39, 0.29) is 5.82 Å². The van der Waals surface area contributed by atoms with Gasteiger partial charge in [0.05, 0.1) is 0 Å². The molecule has 2 heteroatoms. The highest BCUT2D eigenvalue weighted by Gasteiger charge is 1.97. The molecule has 0 unspecified atom stereocenters. The lowest BCUT2D eigenvalue weighted by Crippen LogP contribution is -1.78. The molecular formula is C12H7ClF. The SMILES string of the molecule is Fc1ccc(-c2[c]cc(Cl)cc2)cc1. The number of halogens is 2. The van der Waals surface area contributed by atoms with E-state index in [4.69, 9.17) is 11.6 Å². The summed E-state index contributed by atoms with van der Waals surface area (Å²) in [5, 5.41) is 0.649. The lowest BCUT2D eigenvalue weighted by Gasteiger charge is -2.00. The van der Waals surface area contributed by atoms with Crippen LogP contribution in [0.3, 0.4) is 0 Å². The van der Waals surface area contributed by atoms with E-state index in [1.54, 1.807) is 24.3 Å². The summed E-state index contributed by atoms with van der Waals surface area (Å²) >= 11 is 5.73. The number of hydrogen-bond acceptors (Lipinski definition) is 0. The second-order valence-electron chi connectivity index (χ2n) is 2.93. The third-order valence-electron chi connectivity index (χ3n) is 1.93. The van der Waals surface area contributed by atoms with Crippen LogP contribution < -0.4 is 0 Å². The Morgan fingerprint density at radius 3 is 2.29 bits per heavy atom. The summed E-state index contributed by atoms with van der Waals surface area (Å²) in [6.45, 7) is 0. The average Bonchev–Trinajstić information content (AvgIpc) is 2.21. The van der Waals surface area contributed by atoms with Crippen molar-refractivity contribution in [2.24, 2.45) is 0 Å². The molecule has 69 valence electrons. The van der Waals surface area contributed by atoms with E-state index in [0.717, 1.165) is 11.1 Å². The van der Waals surface area contributed by atoms with Crippen LogP contribution in [0, 0.1) is 11.9 Å². The second-order valence-corrected chi connectivity index (χ2v) is 3.36. The Bertz CT molecular complexity index is 374. The van der Waals surface area contributed by atoms with Crippen LogP contribution in [-0.2, 0) is 0 Å². The van der Waals surface area contributed by atoms with Gasteiger partial charge in [0.25, 0.3) is 0 Å². The molecule has 0 saturated heterocycles. The first-order chi connectivity index (χ1) is 6.75. The maximum atomic E-state index is 12.6. The summed E-state index contributed by atoms with van der Waals surface area (Å²) in [6, 6.07) is 14.6. The van der Waals surface area contributed by atoms with Gasteiger partial charge in [0.1, 0.15) is 5.82 Å². The maximum Gasteiger partial charge on any atom is 0.123 e. The minimum absolute atomic E-state index is 0.234. The van der Waals surface area contributed by atoms with E-state index >= 15 is 0 Å². The molecule has 0 bridgehead atoms. The topological polar surface area (TPSA) is 0 Å². The molecule has 14 heavy (non-hydrogen) atoms. The largest absolute Gasteiger partial charge is 0.207 e. The van der Waals surface area contributed by atoms with Crippen LogP contribution in [0.25, 0.3) is 11.1 Å². The van der Waals surface area contributed by atoms with Crippen molar-refractivity contribution in [2.75, 3.05) is 0 Å². The Balaban J connectivity index is 2.40. The minimum atomic E-state index is -0.234. The van der Waals surface area contributed by atoms with Crippen LogP contribution in [0.4, 0.5) is 4.39 Å². The second kappa shape index (κ2) is 3.81. The van der Waals surface area contributed by atoms with Crippen molar-refractivity contribution < 1.29 is 4.39 Å². The first-order valence-electron chi connectivity index (χ1n) is 4.19. The van der Waals surface area contributed by atoms with Crippen LogP contribution in [0.2, 0.25) is 5.02 Å². The number of rotatable bonds is 1. The van der Waals surface area contributed by atoms with E-state index in [0.29, 0.717) is 5.02 Å². The zero-order valence-corrected chi connectivity index (χ0v) is 8.05. The van der Waals surface area contributed by atoms with Gasteiger partial charge in [-0.05, 0) is 41.5 Å². The zero-order valence-electron chi connectivity index (χ0n) is 7.30. The first-order valence-corrected chi connectivity index (χ1v) is 4.57. The molecule has 0 spiro atoms. The smallest absolute Gasteiger partial charge is 0.123 e. The Morgan fingerprint density at radius 1 is 1.00 bits per heavy atom. The van der Waals surface area contributed by atoms with Gasteiger partial charge in [0.15, 0.2) is 0 Å². The molecule has 0 atom stereocenters. The fraction of sp³-hybridized carbons (Fsp3) is 0. The zero-order chi connectivity index (χ0) is 9.97. The van der Waals surface area contributed by atoms with E-state index in [9.17, 15) is 4.39 Å². The molecule has 0 heterocycles. The van der Waals surface area contributed by atoms with Gasteiger partial charge in [-0.3, -0.25) is 0 Å². The Kier molecular flexibility index (Phi) is 2.51. The molecule has 2 aromatic carbocycles. The quantitative estimate of drug-likeness (QED) is 0.662. The van der Waals surface area contributed by atoms with Crippen molar-refractivity contribution in [1.82, 2.24) is 0 Å². The van der Waals surface area contributed by atoms with Crippen LogP contribution in [-0.4, -0.2) is 0 Å². The molecule has 1 radical (unpaired) electrons. The highest BCUT2D eigenvalue weighted by atomic mass is 35.5. The van der Waals surface area contributed by atoms with Gasteiger partial charge in [0, 0.05) is 5.02 Å². The van der Waals surface area contributed by atoms with Crippen molar-refractivity contribution in [3.05, 3.63) is 59.4 Å². The van der Waals surface area contributed by atoms with E-state index in [2.05, 4.69) is 6.07 Å². The summed E-state index contributed by atoms with van der Waals surface area (Å²) < 4.78 is 12.6. The highest BCUT2D eigenvalue weighted by molar-refractivity contribution is 6.30. The molecule has 0 aliphatic heterocycles. The monoisotopic (exact) mass is 205 g/mol. The fourth-order valence-corrected chi connectivity index (χ4v) is 1.33. The molecule has 0 aromatic heterocycles. The molecule has 2 aromatic rings. The molecule has 0 aliphatic carbocycles. The van der Waals surface area contributed by atoms with Crippen molar-refractivity contribution in [3.63, 3.8) is 0 Å². The average molecular weight is 206 g/mol. The minimum Gasteiger partial charge on any atom is -0.207 e. The van der Waals surface area contributed by atoms with Gasteiger partial charge in [0.2, 0.25) is 0 Å². The van der Waals surface area contributed by atoms with Crippen LogP contribution in [0.1, 0.15) is 0 Å². The van der Waals surface area contributed by atoms with Crippen molar-refractivity contribution in [2.45, 2.75) is 0 Å². The molecule has 2 rings (SSSR count). The number of benzene rings is 2. The van der Waals surface area contributed by atoms with Gasteiger partial charge in [-0.15, -0.1) is 0 Å². The van der Waals surface area contributed by atoms with Crippen molar-refractivity contribution >= 4 is 11.6 Å². The van der Waals surface area contributed by atoms with Crippen LogP contribution in [0.15, 0.2) is 42.5 Å². The van der Waals surface area contributed by atoms with E-state index < -0.39 is 0 Å². The lowest BCUT2D eigenvalue weighted by atomic mass is 10.1. The summed E-state index contributed by atoms with van der Waals surface area (Å²) in [5.74, 6) is -0.234. The molecule has 0 aliphatic rings. The Labute approximate surface area is 87.0 Å². The summed E-state index contributed by atoms with van der Waals surface area (Å²) in [6.07, 6.45) is 0. The molecule has 0 saturated carbocycles. The Morgan fingerprint density at radius 2 is 1.71 bits per heavy atom. The molecule has 0 fully saturated rings. The molecular weight excluding hydrogens is 199 g/mol. The summed E-state index contributed by atoms with van der Waals surface area (Å²) in [7, 11) is 0. The predicted octanol–water partition coefficient (Wildman–Crippen LogP) is 3.95. The van der Waals surface area contributed by atoms with E-state index in [1.165, 1.54) is 12.1 Å². The molecule has 0 amide bonds. The van der Waals surface area contributed by atoms with E-state index in [1.807, 2.05) is 6.07 Å². The van der Waals surface area contributed by atoms with Gasteiger partial charge < -0.3 is 0 Å². The van der Waals surface area contributed by atoms with Crippen LogP contribution >= 0.6 is 11.6 Å². The standard InChI is InChI=1S/C12H7ClF/c13-11-5-1-9(2-6-11)10-3-7-12(14)8-4-10/h1,3-8H. The van der Waals surface area contributed by atoms with Gasteiger partial charge in [-0.2, -0.15) is 0 Å². The summed E-state index contributed by atoms with van der Waals surface area (Å²) in [4.78, 5) is 0. The lowest BCUT2D eigenvalue weighted by molar-refractivity contribution is 0.628. The fourth-order valence-electron chi connectivity index (χ4n) is 1.21. The predicted molar refractivity (Wildman–Crippen MR) is 55.7 cm³/mol.